The second kappa shape index (κ2) is 7.50. The van der Waals surface area contributed by atoms with E-state index in [1.807, 2.05) is 6.92 Å². The topological polar surface area (TPSA) is 38.3 Å². The zero-order chi connectivity index (χ0) is 17.7. The van der Waals surface area contributed by atoms with Crippen molar-refractivity contribution in [1.82, 2.24) is 5.32 Å². The second-order valence-corrected chi connectivity index (χ2v) is 6.42. The maximum Gasteiger partial charge on any atom is 0.251 e. The van der Waals surface area contributed by atoms with Gasteiger partial charge >= 0.3 is 0 Å². The number of amides is 1. The van der Waals surface area contributed by atoms with Crippen LogP contribution >= 0.6 is 0 Å². The van der Waals surface area contributed by atoms with Gasteiger partial charge in [-0.15, -0.1) is 0 Å². The Hall–Kier alpha value is -2.64. The van der Waals surface area contributed by atoms with Crippen molar-refractivity contribution in [3.63, 3.8) is 0 Å². The largest absolute Gasteiger partial charge is 0.373 e. The molecule has 25 heavy (non-hydrogen) atoms. The van der Waals surface area contributed by atoms with E-state index in [1.54, 1.807) is 36.4 Å². The minimum Gasteiger partial charge on any atom is -0.373 e. The van der Waals surface area contributed by atoms with Crippen molar-refractivity contribution >= 4 is 5.91 Å². The van der Waals surface area contributed by atoms with Crippen molar-refractivity contribution < 1.29 is 13.9 Å². The normalized spacial score (nSPS) is 19.1. The van der Waals surface area contributed by atoms with Gasteiger partial charge in [0.1, 0.15) is 5.82 Å². The summed E-state index contributed by atoms with van der Waals surface area (Å²) in [5.41, 5.74) is 1.88. The monoisotopic (exact) mass is 337 g/mol. The Kier molecular flexibility index (Phi) is 5.16. The molecule has 4 heteroatoms. The van der Waals surface area contributed by atoms with Gasteiger partial charge in [-0.25, -0.2) is 4.39 Å². The highest BCUT2D eigenvalue weighted by atomic mass is 19.1. The van der Waals surface area contributed by atoms with Crippen molar-refractivity contribution in [2.45, 2.75) is 25.4 Å². The molecule has 1 atom stereocenters. The number of hydrogen-bond donors (Lipinski definition) is 1. The maximum absolute atomic E-state index is 12.9. The van der Waals surface area contributed by atoms with Gasteiger partial charge in [-0.2, -0.15) is 0 Å². The molecule has 0 spiro atoms. The van der Waals surface area contributed by atoms with Crippen LogP contribution in [0.2, 0.25) is 0 Å². The fraction of sp³-hybridized carbons (Fsp3) is 0.286. The molecule has 1 aliphatic rings. The summed E-state index contributed by atoms with van der Waals surface area (Å²) in [7, 11) is 0. The summed E-state index contributed by atoms with van der Waals surface area (Å²) >= 11 is 0. The molecule has 1 unspecified atom stereocenters. The van der Waals surface area contributed by atoms with Crippen molar-refractivity contribution in [3.05, 3.63) is 71.0 Å². The molecule has 1 aliphatic heterocycles. The number of rotatable bonds is 3. The van der Waals surface area contributed by atoms with Gasteiger partial charge < -0.3 is 10.1 Å². The number of benzene rings is 2. The quantitative estimate of drug-likeness (QED) is 0.870. The zero-order valence-corrected chi connectivity index (χ0v) is 14.1. The van der Waals surface area contributed by atoms with Gasteiger partial charge in [0.05, 0.1) is 5.60 Å². The highest BCUT2D eigenvalue weighted by Gasteiger charge is 2.30. The van der Waals surface area contributed by atoms with Crippen molar-refractivity contribution in [2.24, 2.45) is 0 Å². The van der Waals surface area contributed by atoms with Crippen LogP contribution in [0.3, 0.4) is 0 Å². The number of hydrogen-bond acceptors (Lipinski definition) is 2. The molecular formula is C21H20FNO2. The molecule has 3 nitrogen and oxygen atoms in total. The van der Waals surface area contributed by atoms with E-state index < -0.39 is 0 Å². The van der Waals surface area contributed by atoms with Crippen LogP contribution in [0.1, 0.15) is 41.3 Å². The lowest BCUT2D eigenvalue weighted by Crippen LogP contribution is -2.40. The molecule has 2 aromatic rings. The average molecular weight is 337 g/mol. The second-order valence-electron chi connectivity index (χ2n) is 6.42. The van der Waals surface area contributed by atoms with Crippen molar-refractivity contribution in [2.75, 3.05) is 13.2 Å². The molecule has 128 valence electrons. The van der Waals surface area contributed by atoms with Gasteiger partial charge in [-0.1, -0.05) is 11.8 Å². The van der Waals surface area contributed by atoms with Crippen LogP contribution in [0.15, 0.2) is 48.5 Å². The Bertz CT molecular complexity index is 795. The summed E-state index contributed by atoms with van der Waals surface area (Å²) in [6.45, 7) is 3.29. The lowest BCUT2D eigenvalue weighted by molar-refractivity contribution is 0.0206. The van der Waals surface area contributed by atoms with E-state index in [-0.39, 0.29) is 17.3 Å². The first kappa shape index (κ1) is 17.2. The molecule has 0 bridgehead atoms. The molecule has 2 aromatic carbocycles. The highest BCUT2D eigenvalue weighted by Crippen LogP contribution is 2.24. The fourth-order valence-electron chi connectivity index (χ4n) is 2.73. The smallest absolute Gasteiger partial charge is 0.251 e. The summed E-state index contributed by atoms with van der Waals surface area (Å²) in [5, 5.41) is 2.93. The third-order valence-corrected chi connectivity index (χ3v) is 4.27. The molecule has 3 rings (SSSR count). The highest BCUT2D eigenvalue weighted by molar-refractivity contribution is 5.94. The van der Waals surface area contributed by atoms with E-state index in [1.165, 1.54) is 12.1 Å². The zero-order valence-electron chi connectivity index (χ0n) is 14.1. The van der Waals surface area contributed by atoms with Crippen LogP contribution in [0.4, 0.5) is 4.39 Å². The van der Waals surface area contributed by atoms with E-state index in [2.05, 4.69) is 17.2 Å². The summed E-state index contributed by atoms with van der Waals surface area (Å²) in [6, 6.07) is 13.1. The third-order valence-electron chi connectivity index (χ3n) is 4.27. The summed E-state index contributed by atoms with van der Waals surface area (Å²) in [5.74, 6) is 5.58. The number of halogens is 1. The SMILES string of the molecule is CC1(CNC(=O)c2ccc(C#Cc3ccc(F)cc3)cc2)CCCO1. The van der Waals surface area contributed by atoms with Crippen LogP contribution in [-0.2, 0) is 4.74 Å². The number of carbonyl (C=O) groups is 1. The van der Waals surface area contributed by atoms with E-state index in [4.69, 9.17) is 4.74 Å². The molecule has 0 aromatic heterocycles. The number of ether oxygens (including phenoxy) is 1. The molecule has 1 fully saturated rings. The number of nitrogens with one attached hydrogen (secondary N) is 1. The van der Waals surface area contributed by atoms with Gasteiger partial charge in [-0.3, -0.25) is 4.79 Å². The van der Waals surface area contributed by atoms with Crippen molar-refractivity contribution in [3.8, 4) is 11.8 Å². The van der Waals surface area contributed by atoms with Gasteiger partial charge in [0.15, 0.2) is 0 Å². The Morgan fingerprint density at radius 1 is 1.12 bits per heavy atom. The van der Waals surface area contributed by atoms with Crippen LogP contribution in [0, 0.1) is 17.7 Å². The lowest BCUT2D eigenvalue weighted by Gasteiger charge is -2.23. The number of carbonyl (C=O) groups excluding carboxylic acids is 1. The van der Waals surface area contributed by atoms with Crippen LogP contribution < -0.4 is 5.32 Å². The first-order valence-electron chi connectivity index (χ1n) is 8.34. The van der Waals surface area contributed by atoms with Gasteiger partial charge in [-0.05, 0) is 68.3 Å². The third kappa shape index (κ3) is 4.68. The summed E-state index contributed by atoms with van der Waals surface area (Å²) in [6.07, 6.45) is 2.00. The molecular weight excluding hydrogens is 317 g/mol. The van der Waals surface area contributed by atoms with E-state index in [0.29, 0.717) is 12.1 Å². The lowest BCUT2D eigenvalue weighted by atomic mass is 10.0. The molecule has 1 heterocycles. The minimum absolute atomic E-state index is 0.116. The first-order chi connectivity index (χ1) is 12.0. The summed E-state index contributed by atoms with van der Waals surface area (Å²) < 4.78 is 18.5. The molecule has 0 radical (unpaired) electrons. The Balaban J connectivity index is 1.60. The van der Waals surface area contributed by atoms with Crippen LogP contribution in [0.25, 0.3) is 0 Å². The predicted molar refractivity (Wildman–Crippen MR) is 94.7 cm³/mol. The van der Waals surface area contributed by atoms with Gasteiger partial charge in [0.25, 0.3) is 5.91 Å². The van der Waals surface area contributed by atoms with Gasteiger partial charge in [0, 0.05) is 29.8 Å². The van der Waals surface area contributed by atoms with Crippen LogP contribution in [-0.4, -0.2) is 24.7 Å². The standard InChI is InChI=1S/C21H20FNO2/c1-21(13-2-14-25-21)15-23-20(24)18-9-5-16(6-10-18)3-4-17-7-11-19(22)12-8-17/h5-12H,2,13-15H2,1H3,(H,23,24). The maximum atomic E-state index is 12.9. The van der Waals surface area contributed by atoms with E-state index in [9.17, 15) is 9.18 Å². The van der Waals surface area contributed by atoms with E-state index >= 15 is 0 Å². The predicted octanol–water partition coefficient (Wildman–Crippen LogP) is 3.52. The molecule has 1 N–H and O–H groups in total. The summed E-state index contributed by atoms with van der Waals surface area (Å²) in [4.78, 5) is 12.2. The van der Waals surface area contributed by atoms with Crippen LogP contribution in [0.5, 0.6) is 0 Å². The minimum atomic E-state index is -0.280. The molecule has 0 aliphatic carbocycles. The van der Waals surface area contributed by atoms with Gasteiger partial charge in [0.2, 0.25) is 0 Å². The Labute approximate surface area is 147 Å². The van der Waals surface area contributed by atoms with E-state index in [0.717, 1.165) is 30.6 Å². The Morgan fingerprint density at radius 2 is 1.72 bits per heavy atom. The fourth-order valence-corrected chi connectivity index (χ4v) is 2.73. The Morgan fingerprint density at radius 3 is 2.28 bits per heavy atom. The molecule has 0 saturated carbocycles. The average Bonchev–Trinajstić information content (AvgIpc) is 3.07. The molecule has 1 amide bonds. The molecule has 1 saturated heterocycles. The first-order valence-corrected chi connectivity index (χ1v) is 8.34. The van der Waals surface area contributed by atoms with Crippen molar-refractivity contribution in [1.29, 1.82) is 0 Å².